The van der Waals surface area contributed by atoms with Gasteiger partial charge in [-0.15, -0.1) is 0 Å². The fourth-order valence-electron chi connectivity index (χ4n) is 4.44. The molecule has 0 radical (unpaired) electrons. The van der Waals surface area contributed by atoms with Crippen LogP contribution < -0.4 is 4.57 Å². The molecule has 3 heteroatoms. The number of rotatable bonds is 4. The lowest BCUT2D eigenvalue weighted by Gasteiger charge is -2.10. The number of nitrogens with zero attached hydrogens (tertiary/aromatic N) is 2. The second-order valence-electron chi connectivity index (χ2n) is 8.80. The Morgan fingerprint density at radius 2 is 1.77 bits per heavy atom. The first kappa shape index (κ1) is 19.5. The summed E-state index contributed by atoms with van der Waals surface area (Å²) in [4.78, 5) is 4.43. The molecule has 0 atom stereocenters. The summed E-state index contributed by atoms with van der Waals surface area (Å²) in [7, 11) is 2.09. The van der Waals surface area contributed by atoms with Crippen LogP contribution in [0.4, 0.5) is 0 Å². The lowest BCUT2D eigenvalue weighted by atomic mass is 9.96. The average Bonchev–Trinajstić information content (AvgIpc) is 3.13. The van der Waals surface area contributed by atoms with E-state index in [1.165, 1.54) is 22.3 Å². The van der Waals surface area contributed by atoms with Gasteiger partial charge in [-0.2, -0.15) is 0 Å². The molecular weight excluding hydrogens is 380 g/mol. The van der Waals surface area contributed by atoms with Gasteiger partial charge in [0.05, 0.1) is 5.56 Å². The first-order valence-corrected chi connectivity index (χ1v) is 10.9. The number of pyridine rings is 2. The van der Waals surface area contributed by atoms with Gasteiger partial charge in [0.25, 0.3) is 0 Å². The first-order chi connectivity index (χ1) is 15.0. The highest BCUT2D eigenvalue weighted by Crippen LogP contribution is 2.37. The molecule has 31 heavy (non-hydrogen) atoms. The highest BCUT2D eigenvalue weighted by atomic mass is 16.3. The molecule has 0 saturated carbocycles. The number of furan rings is 1. The van der Waals surface area contributed by atoms with E-state index in [1.54, 1.807) is 6.20 Å². The summed E-state index contributed by atoms with van der Waals surface area (Å²) >= 11 is 0. The van der Waals surface area contributed by atoms with Crippen LogP contribution in [0.25, 0.3) is 44.5 Å². The van der Waals surface area contributed by atoms with Crippen molar-refractivity contribution in [3.8, 4) is 22.4 Å². The predicted octanol–water partition coefficient (Wildman–Crippen LogP) is 6.65. The highest BCUT2D eigenvalue weighted by molar-refractivity contribution is 6.08. The Morgan fingerprint density at radius 1 is 0.935 bits per heavy atom. The van der Waals surface area contributed by atoms with Crippen LogP contribution in [-0.2, 0) is 13.5 Å². The zero-order valence-electron chi connectivity index (χ0n) is 18.5. The maximum atomic E-state index is 6.26. The van der Waals surface area contributed by atoms with Gasteiger partial charge in [0, 0.05) is 29.1 Å². The molecule has 0 aliphatic heterocycles. The van der Waals surface area contributed by atoms with Crippen LogP contribution >= 0.6 is 0 Å². The Labute approximate surface area is 183 Å². The summed E-state index contributed by atoms with van der Waals surface area (Å²) in [6.45, 7) is 6.67. The minimum Gasteiger partial charge on any atom is -0.437 e. The van der Waals surface area contributed by atoms with Crippen molar-refractivity contribution in [2.24, 2.45) is 13.0 Å². The van der Waals surface area contributed by atoms with Crippen molar-refractivity contribution in [1.29, 1.82) is 0 Å². The monoisotopic (exact) mass is 407 g/mol. The number of aromatic nitrogens is 2. The van der Waals surface area contributed by atoms with Crippen LogP contribution in [-0.4, -0.2) is 4.98 Å². The van der Waals surface area contributed by atoms with Gasteiger partial charge in [-0.1, -0.05) is 50.2 Å². The van der Waals surface area contributed by atoms with Crippen LogP contribution in [0, 0.1) is 12.8 Å². The Bertz CT molecular complexity index is 1410. The number of hydrogen-bond acceptors (Lipinski definition) is 2. The highest BCUT2D eigenvalue weighted by Gasteiger charge is 2.21. The molecule has 0 N–H and O–H groups in total. The van der Waals surface area contributed by atoms with Crippen molar-refractivity contribution in [3.63, 3.8) is 0 Å². The van der Waals surface area contributed by atoms with Gasteiger partial charge in [-0.25, -0.2) is 9.55 Å². The smallest absolute Gasteiger partial charge is 0.227 e. The Hall–Kier alpha value is -3.46. The van der Waals surface area contributed by atoms with E-state index < -0.39 is 0 Å². The van der Waals surface area contributed by atoms with Gasteiger partial charge in [0.15, 0.2) is 11.8 Å². The summed E-state index contributed by atoms with van der Waals surface area (Å²) in [6, 6.07) is 21.7. The minimum absolute atomic E-state index is 0.640. The molecule has 154 valence electrons. The van der Waals surface area contributed by atoms with Crippen molar-refractivity contribution >= 4 is 22.1 Å². The van der Waals surface area contributed by atoms with Gasteiger partial charge >= 0.3 is 0 Å². The third-order valence-corrected chi connectivity index (χ3v) is 5.94. The van der Waals surface area contributed by atoms with E-state index in [0.717, 1.165) is 34.0 Å². The maximum absolute atomic E-state index is 6.26. The molecule has 0 spiro atoms. The van der Waals surface area contributed by atoms with E-state index in [1.807, 2.05) is 6.07 Å². The number of benzene rings is 2. The second-order valence-corrected chi connectivity index (χ2v) is 8.80. The van der Waals surface area contributed by atoms with E-state index in [-0.39, 0.29) is 0 Å². The molecule has 3 heterocycles. The van der Waals surface area contributed by atoms with E-state index >= 15 is 0 Å². The first-order valence-electron chi connectivity index (χ1n) is 10.9. The standard InChI is InChI=1S/C28H27N2O/c1-18(2)15-20-7-5-8-21(16-20)22-12-14-30(4)25(17-22)26-19(3)10-11-23-24-9-6-13-29-28(24)31-27(23)26/h5-14,16-18H,15H2,1-4H3/q+1. The Balaban J connectivity index is 1.70. The lowest BCUT2D eigenvalue weighted by Crippen LogP contribution is -2.30. The molecule has 0 fully saturated rings. The molecule has 2 aromatic carbocycles. The number of aryl methyl sites for hydroxylation is 2. The average molecular weight is 408 g/mol. The van der Waals surface area contributed by atoms with Gasteiger partial charge in [0.2, 0.25) is 11.4 Å². The van der Waals surface area contributed by atoms with E-state index in [0.29, 0.717) is 11.6 Å². The Kier molecular flexibility index (Phi) is 4.82. The van der Waals surface area contributed by atoms with Crippen LogP contribution in [0.3, 0.4) is 0 Å². The van der Waals surface area contributed by atoms with Gasteiger partial charge in [-0.05, 0) is 53.6 Å². The van der Waals surface area contributed by atoms with Crippen molar-refractivity contribution in [2.45, 2.75) is 27.2 Å². The number of hydrogen-bond donors (Lipinski definition) is 0. The molecular formula is C28H27N2O+. The molecule has 5 rings (SSSR count). The van der Waals surface area contributed by atoms with Crippen molar-refractivity contribution < 1.29 is 8.98 Å². The lowest BCUT2D eigenvalue weighted by molar-refractivity contribution is -0.660. The third-order valence-electron chi connectivity index (χ3n) is 5.94. The maximum Gasteiger partial charge on any atom is 0.227 e. The number of fused-ring (bicyclic) bond motifs is 3. The largest absolute Gasteiger partial charge is 0.437 e. The van der Waals surface area contributed by atoms with Crippen LogP contribution in [0.5, 0.6) is 0 Å². The van der Waals surface area contributed by atoms with E-state index in [9.17, 15) is 0 Å². The Morgan fingerprint density at radius 3 is 2.61 bits per heavy atom. The molecule has 3 nitrogen and oxygen atoms in total. The van der Waals surface area contributed by atoms with Crippen molar-refractivity contribution in [2.75, 3.05) is 0 Å². The van der Waals surface area contributed by atoms with E-state index in [4.69, 9.17) is 4.42 Å². The molecule has 0 bridgehead atoms. The van der Waals surface area contributed by atoms with E-state index in [2.05, 4.69) is 98.2 Å². The summed E-state index contributed by atoms with van der Waals surface area (Å²) in [5.74, 6) is 0.640. The van der Waals surface area contributed by atoms with Crippen LogP contribution in [0.2, 0.25) is 0 Å². The van der Waals surface area contributed by atoms with Crippen LogP contribution in [0.15, 0.2) is 77.5 Å². The summed E-state index contributed by atoms with van der Waals surface area (Å²) in [5.41, 5.74) is 8.86. The summed E-state index contributed by atoms with van der Waals surface area (Å²) in [6.07, 6.45) is 5.01. The second kappa shape index (κ2) is 7.66. The fourth-order valence-corrected chi connectivity index (χ4v) is 4.44. The molecule has 0 saturated heterocycles. The van der Waals surface area contributed by atoms with Gasteiger partial charge in [0.1, 0.15) is 7.05 Å². The van der Waals surface area contributed by atoms with Crippen LogP contribution in [0.1, 0.15) is 25.0 Å². The summed E-state index contributed by atoms with van der Waals surface area (Å²) in [5, 5.41) is 2.16. The molecule has 3 aromatic heterocycles. The topological polar surface area (TPSA) is 29.9 Å². The molecule has 0 aliphatic carbocycles. The molecule has 0 unspecified atom stereocenters. The fraction of sp³-hybridized carbons (Fsp3) is 0.214. The van der Waals surface area contributed by atoms with Gasteiger partial charge < -0.3 is 4.42 Å². The van der Waals surface area contributed by atoms with Gasteiger partial charge in [-0.3, -0.25) is 0 Å². The normalized spacial score (nSPS) is 11.6. The zero-order chi connectivity index (χ0) is 21.5. The third kappa shape index (κ3) is 3.50. The minimum atomic E-state index is 0.640. The zero-order valence-corrected chi connectivity index (χ0v) is 18.5. The SMILES string of the molecule is Cc1ccc2c(oc3ncccc32)c1-c1cc(-c2cccc(CC(C)C)c2)cc[n+]1C. The molecule has 0 amide bonds. The molecule has 0 aliphatic rings. The van der Waals surface area contributed by atoms with Crippen molar-refractivity contribution in [3.05, 3.63) is 84.2 Å². The van der Waals surface area contributed by atoms with Crippen molar-refractivity contribution in [1.82, 2.24) is 4.98 Å². The summed E-state index contributed by atoms with van der Waals surface area (Å²) < 4.78 is 8.43. The quantitative estimate of drug-likeness (QED) is 0.312. The molecule has 5 aromatic rings. The predicted molar refractivity (Wildman–Crippen MR) is 127 cm³/mol.